The van der Waals surface area contributed by atoms with Gasteiger partial charge in [0.15, 0.2) is 0 Å². The Balaban J connectivity index is 2.09. The quantitative estimate of drug-likeness (QED) is 0.751. The zero-order valence-electron chi connectivity index (χ0n) is 13.1. The molecule has 0 bridgehead atoms. The maximum atomic E-state index is 13.1. The van der Waals surface area contributed by atoms with Crippen LogP contribution >= 0.6 is 0 Å². The molecule has 1 saturated carbocycles. The number of hydrogen-bond donors (Lipinski definition) is 1. The molecule has 2 unspecified atom stereocenters. The molecule has 0 heterocycles. The Hall–Kier alpha value is -0.890. The molecule has 112 valence electrons. The van der Waals surface area contributed by atoms with Crippen molar-refractivity contribution in [3.05, 3.63) is 35.6 Å². The van der Waals surface area contributed by atoms with Crippen molar-refractivity contribution in [1.82, 2.24) is 5.32 Å². The van der Waals surface area contributed by atoms with E-state index in [4.69, 9.17) is 0 Å². The number of halogens is 1. The van der Waals surface area contributed by atoms with Crippen molar-refractivity contribution in [3.8, 4) is 0 Å². The van der Waals surface area contributed by atoms with Crippen molar-refractivity contribution >= 4 is 0 Å². The second-order valence-corrected chi connectivity index (χ2v) is 6.85. The van der Waals surface area contributed by atoms with E-state index in [0.717, 1.165) is 6.42 Å². The molecule has 0 amide bonds. The Labute approximate surface area is 123 Å². The van der Waals surface area contributed by atoms with E-state index in [1.807, 2.05) is 12.1 Å². The molecule has 1 aromatic carbocycles. The van der Waals surface area contributed by atoms with Gasteiger partial charge in [0.05, 0.1) is 0 Å². The van der Waals surface area contributed by atoms with Crippen LogP contribution in [-0.2, 0) is 0 Å². The molecule has 0 saturated heterocycles. The fourth-order valence-corrected chi connectivity index (χ4v) is 3.33. The lowest BCUT2D eigenvalue weighted by Crippen LogP contribution is -2.40. The third kappa shape index (κ3) is 3.82. The summed E-state index contributed by atoms with van der Waals surface area (Å²) < 4.78 is 13.1. The molecule has 2 heteroatoms. The van der Waals surface area contributed by atoms with Crippen molar-refractivity contribution < 1.29 is 4.39 Å². The monoisotopic (exact) mass is 277 g/mol. The van der Waals surface area contributed by atoms with E-state index in [2.05, 4.69) is 26.1 Å². The van der Waals surface area contributed by atoms with Crippen LogP contribution in [0.15, 0.2) is 24.3 Å². The van der Waals surface area contributed by atoms with E-state index >= 15 is 0 Å². The lowest BCUT2D eigenvalue weighted by Gasteiger charge is -2.32. The summed E-state index contributed by atoms with van der Waals surface area (Å²) in [5.74, 6) is -0.149. The Morgan fingerprint density at radius 3 is 2.55 bits per heavy atom. The SMILES string of the molecule is CCCCC(NC1CCCC1(C)C)c1ccc(F)cc1. The van der Waals surface area contributed by atoms with Gasteiger partial charge in [0.2, 0.25) is 0 Å². The van der Waals surface area contributed by atoms with Gasteiger partial charge in [-0.1, -0.05) is 52.2 Å². The van der Waals surface area contributed by atoms with Gasteiger partial charge >= 0.3 is 0 Å². The molecule has 1 aliphatic rings. The average Bonchev–Trinajstić information content (AvgIpc) is 2.74. The zero-order valence-corrected chi connectivity index (χ0v) is 13.1. The first kappa shape index (κ1) is 15.5. The third-order valence-electron chi connectivity index (χ3n) is 4.78. The van der Waals surface area contributed by atoms with Crippen LogP contribution in [-0.4, -0.2) is 6.04 Å². The van der Waals surface area contributed by atoms with Crippen molar-refractivity contribution in [3.63, 3.8) is 0 Å². The van der Waals surface area contributed by atoms with Gasteiger partial charge in [-0.25, -0.2) is 4.39 Å². The van der Waals surface area contributed by atoms with Crippen molar-refractivity contribution in [2.24, 2.45) is 5.41 Å². The molecule has 1 fully saturated rings. The van der Waals surface area contributed by atoms with E-state index < -0.39 is 0 Å². The standard InChI is InChI=1S/C18H28FN/c1-4-5-7-16(14-9-11-15(19)12-10-14)20-17-8-6-13-18(17,2)3/h9-12,16-17,20H,4-8,13H2,1-3H3. The molecule has 0 aliphatic heterocycles. The predicted octanol–water partition coefficient (Wildman–Crippen LogP) is 5.23. The molecule has 1 aliphatic carbocycles. The molecular formula is C18H28FN. The lowest BCUT2D eigenvalue weighted by molar-refractivity contribution is 0.255. The summed E-state index contributed by atoms with van der Waals surface area (Å²) in [5.41, 5.74) is 1.60. The van der Waals surface area contributed by atoms with Gasteiger partial charge in [-0.15, -0.1) is 0 Å². The van der Waals surface area contributed by atoms with E-state index in [-0.39, 0.29) is 5.82 Å². The highest BCUT2D eigenvalue weighted by Gasteiger charge is 2.35. The van der Waals surface area contributed by atoms with Gasteiger partial charge in [-0.2, -0.15) is 0 Å². The van der Waals surface area contributed by atoms with Crippen LogP contribution in [0.1, 0.15) is 70.9 Å². The van der Waals surface area contributed by atoms with Gasteiger partial charge in [-0.3, -0.25) is 0 Å². The third-order valence-corrected chi connectivity index (χ3v) is 4.78. The average molecular weight is 277 g/mol. The molecule has 0 spiro atoms. The van der Waals surface area contributed by atoms with Gasteiger partial charge in [0, 0.05) is 12.1 Å². The summed E-state index contributed by atoms with van der Waals surface area (Å²) in [4.78, 5) is 0. The minimum absolute atomic E-state index is 0.149. The fourth-order valence-electron chi connectivity index (χ4n) is 3.33. The summed E-state index contributed by atoms with van der Waals surface area (Å²) in [6.07, 6.45) is 7.42. The Morgan fingerprint density at radius 1 is 1.30 bits per heavy atom. The van der Waals surface area contributed by atoms with E-state index in [0.29, 0.717) is 17.5 Å². The van der Waals surface area contributed by atoms with E-state index in [1.165, 1.54) is 37.7 Å². The topological polar surface area (TPSA) is 12.0 Å². The Bertz CT molecular complexity index is 410. The molecule has 1 nitrogen and oxygen atoms in total. The normalized spacial score (nSPS) is 22.9. The molecule has 0 aromatic heterocycles. The second-order valence-electron chi connectivity index (χ2n) is 6.85. The number of unbranched alkanes of at least 4 members (excludes halogenated alkanes) is 1. The van der Waals surface area contributed by atoms with E-state index in [1.54, 1.807) is 12.1 Å². The highest BCUT2D eigenvalue weighted by molar-refractivity contribution is 5.20. The van der Waals surface area contributed by atoms with Gasteiger partial charge in [0.25, 0.3) is 0 Å². The van der Waals surface area contributed by atoms with Crippen molar-refractivity contribution in [2.45, 2.75) is 71.4 Å². The summed E-state index contributed by atoms with van der Waals surface area (Å²) in [6, 6.07) is 7.97. The van der Waals surface area contributed by atoms with Crippen molar-refractivity contribution in [2.75, 3.05) is 0 Å². The Morgan fingerprint density at radius 2 is 2.00 bits per heavy atom. The number of benzene rings is 1. The predicted molar refractivity (Wildman–Crippen MR) is 83.2 cm³/mol. The first-order valence-corrected chi connectivity index (χ1v) is 8.04. The minimum Gasteiger partial charge on any atom is -0.307 e. The fraction of sp³-hybridized carbons (Fsp3) is 0.667. The summed E-state index contributed by atoms with van der Waals surface area (Å²) in [7, 11) is 0. The highest BCUT2D eigenvalue weighted by Crippen LogP contribution is 2.39. The molecular weight excluding hydrogens is 249 g/mol. The molecule has 2 rings (SSSR count). The first-order valence-electron chi connectivity index (χ1n) is 8.04. The number of nitrogens with one attached hydrogen (secondary N) is 1. The Kier molecular flexibility index (Phi) is 5.20. The van der Waals surface area contributed by atoms with Crippen LogP contribution in [0.3, 0.4) is 0 Å². The highest BCUT2D eigenvalue weighted by atomic mass is 19.1. The molecule has 20 heavy (non-hydrogen) atoms. The second kappa shape index (κ2) is 6.71. The largest absolute Gasteiger partial charge is 0.307 e. The summed E-state index contributed by atoms with van der Waals surface area (Å²) >= 11 is 0. The summed E-state index contributed by atoms with van der Waals surface area (Å²) in [5, 5.41) is 3.85. The zero-order chi connectivity index (χ0) is 14.6. The van der Waals surface area contributed by atoms with Crippen LogP contribution in [0.4, 0.5) is 4.39 Å². The van der Waals surface area contributed by atoms with Gasteiger partial charge in [0.1, 0.15) is 5.82 Å². The molecule has 0 radical (unpaired) electrons. The number of hydrogen-bond acceptors (Lipinski definition) is 1. The minimum atomic E-state index is -0.149. The molecule has 2 atom stereocenters. The molecule has 1 N–H and O–H groups in total. The summed E-state index contributed by atoms with van der Waals surface area (Å²) in [6.45, 7) is 6.94. The smallest absolute Gasteiger partial charge is 0.123 e. The van der Waals surface area contributed by atoms with Crippen LogP contribution in [0.25, 0.3) is 0 Å². The van der Waals surface area contributed by atoms with Crippen LogP contribution in [0.5, 0.6) is 0 Å². The van der Waals surface area contributed by atoms with Gasteiger partial charge < -0.3 is 5.32 Å². The first-order chi connectivity index (χ1) is 9.53. The van der Waals surface area contributed by atoms with E-state index in [9.17, 15) is 4.39 Å². The maximum Gasteiger partial charge on any atom is 0.123 e. The van der Waals surface area contributed by atoms with Crippen LogP contribution in [0, 0.1) is 11.2 Å². The van der Waals surface area contributed by atoms with Crippen LogP contribution < -0.4 is 5.32 Å². The van der Waals surface area contributed by atoms with Crippen molar-refractivity contribution in [1.29, 1.82) is 0 Å². The van der Waals surface area contributed by atoms with Gasteiger partial charge in [-0.05, 0) is 42.4 Å². The maximum absolute atomic E-state index is 13.1. The number of rotatable bonds is 6. The lowest BCUT2D eigenvalue weighted by atomic mass is 9.86. The van der Waals surface area contributed by atoms with Crippen LogP contribution in [0.2, 0.25) is 0 Å². The molecule has 1 aromatic rings.